The number of carbonyl (C=O) groups is 3. The van der Waals surface area contributed by atoms with E-state index in [2.05, 4.69) is 44.8 Å². The second kappa shape index (κ2) is 20.0. The third kappa shape index (κ3) is 9.87. The molecule has 4 aromatic heterocycles. The Morgan fingerprint density at radius 1 is 0.985 bits per heavy atom. The first-order chi connectivity index (χ1) is 32.7. The quantitative estimate of drug-likeness (QED) is 0.0819. The number of thiazole rings is 1. The zero-order chi connectivity index (χ0) is 47.8. The fourth-order valence-electron chi connectivity index (χ4n) is 9.14. The van der Waals surface area contributed by atoms with Gasteiger partial charge in [-0.05, 0) is 80.4 Å². The Bertz CT molecular complexity index is 2830. The summed E-state index contributed by atoms with van der Waals surface area (Å²) in [7, 11) is 0. The molecule has 1 aliphatic carbocycles. The molecule has 19 heteroatoms. The van der Waals surface area contributed by atoms with Crippen LogP contribution in [0.5, 0.6) is 5.88 Å². The van der Waals surface area contributed by atoms with E-state index < -0.39 is 24.1 Å². The van der Waals surface area contributed by atoms with Crippen molar-refractivity contribution < 1.29 is 33.5 Å². The number of likely N-dealkylation sites (tertiary alicyclic amines) is 1. The number of β-amino-alcohol motifs (C(OH)–C–C–N with tert-alkyl or cyclic N) is 1. The molecule has 2 fully saturated rings. The van der Waals surface area contributed by atoms with Crippen molar-refractivity contribution in [3.63, 3.8) is 0 Å². The lowest BCUT2D eigenvalue weighted by Gasteiger charge is -2.35. The summed E-state index contributed by atoms with van der Waals surface area (Å²) in [6.45, 7) is 12.6. The van der Waals surface area contributed by atoms with Crippen molar-refractivity contribution in [3.05, 3.63) is 115 Å². The van der Waals surface area contributed by atoms with Gasteiger partial charge in [-0.15, -0.1) is 32.9 Å². The number of rotatable bonds is 16. The van der Waals surface area contributed by atoms with Crippen LogP contribution in [-0.2, 0) is 25.7 Å². The maximum atomic E-state index is 14.1. The minimum Gasteiger partial charge on any atom is -0.473 e. The van der Waals surface area contributed by atoms with Gasteiger partial charge in [-0.1, -0.05) is 61.8 Å². The normalized spacial score (nSPS) is 20.3. The number of aromatic nitrogens is 5. The molecule has 2 aliphatic heterocycles. The maximum absolute atomic E-state index is 14.1. The Kier molecular flexibility index (Phi) is 13.9. The minimum absolute atomic E-state index is 0.0321. The van der Waals surface area contributed by atoms with Crippen LogP contribution >= 0.6 is 34.3 Å². The van der Waals surface area contributed by atoms with E-state index in [1.807, 2.05) is 86.3 Å². The van der Waals surface area contributed by atoms with E-state index in [1.54, 1.807) is 28.7 Å². The predicted molar refractivity (Wildman–Crippen MR) is 259 cm³/mol. The number of aliphatic hydroxyl groups is 1. The van der Waals surface area contributed by atoms with E-state index in [0.717, 1.165) is 54.9 Å². The first-order valence-electron chi connectivity index (χ1n) is 22.8. The fraction of sp³-hybridized carbons (Fsp3) is 0.429. The van der Waals surface area contributed by atoms with E-state index in [-0.39, 0.29) is 80.8 Å². The number of aliphatic imine (C=N–C) groups is 1. The summed E-state index contributed by atoms with van der Waals surface area (Å²) in [6.07, 6.45) is 0.639. The van der Waals surface area contributed by atoms with E-state index >= 15 is 0 Å². The molecule has 356 valence electrons. The molecule has 6 heterocycles. The molecule has 0 radical (unpaired) electrons. The van der Waals surface area contributed by atoms with Gasteiger partial charge >= 0.3 is 0 Å². The van der Waals surface area contributed by atoms with Crippen molar-refractivity contribution in [3.8, 4) is 21.3 Å². The molecule has 16 nitrogen and oxygen atoms in total. The number of benzene rings is 2. The van der Waals surface area contributed by atoms with Crippen LogP contribution in [0.1, 0.15) is 102 Å². The summed E-state index contributed by atoms with van der Waals surface area (Å²) in [5.41, 5.74) is 8.61. The molecule has 0 bridgehead atoms. The minimum atomic E-state index is -0.839. The van der Waals surface area contributed by atoms with Gasteiger partial charge in [0, 0.05) is 52.6 Å². The summed E-state index contributed by atoms with van der Waals surface area (Å²) < 4.78 is 19.6. The Hall–Kier alpha value is -5.79. The van der Waals surface area contributed by atoms with Crippen LogP contribution in [-0.4, -0.2) is 102 Å². The van der Waals surface area contributed by atoms with E-state index in [9.17, 15) is 19.5 Å². The molecule has 0 unspecified atom stereocenters. The van der Waals surface area contributed by atoms with Crippen molar-refractivity contribution in [2.24, 2.45) is 10.9 Å². The highest BCUT2D eigenvalue weighted by Crippen LogP contribution is 2.40. The topological polar surface area (TPSA) is 199 Å². The van der Waals surface area contributed by atoms with Crippen LogP contribution in [0.2, 0.25) is 5.02 Å². The SMILES string of the molecule is Cc1ncsc1-c1ccc(CNC(=O)[C@@H]2C[C@@H](O)CN2C(=O)[C@H](c2cc(OCCO[C@H]3C[C@@H](NC(=O)C[C@@H]4N=C(c5ccc(Cl)cc5)c5c(sc(C)c5C)-n5c(C)nnc54)C3)no2)C(C)C)cc1. The highest BCUT2D eigenvalue weighted by atomic mass is 35.5. The lowest BCUT2D eigenvalue weighted by Crippen LogP contribution is -2.48. The largest absolute Gasteiger partial charge is 0.473 e. The van der Waals surface area contributed by atoms with Crippen molar-refractivity contribution in [2.75, 3.05) is 19.8 Å². The third-order valence-electron chi connectivity index (χ3n) is 12.9. The van der Waals surface area contributed by atoms with Gasteiger partial charge < -0.3 is 34.6 Å². The first kappa shape index (κ1) is 47.3. The van der Waals surface area contributed by atoms with Gasteiger partial charge in [0.15, 0.2) is 11.6 Å². The Balaban J connectivity index is 0.744. The van der Waals surface area contributed by atoms with Crippen LogP contribution in [0, 0.1) is 33.6 Å². The molecule has 6 aromatic rings. The highest BCUT2D eigenvalue weighted by molar-refractivity contribution is 7.15. The summed E-state index contributed by atoms with van der Waals surface area (Å²) in [5, 5.41) is 31.4. The number of nitrogens with one attached hydrogen (secondary N) is 2. The smallest absolute Gasteiger partial charge is 0.254 e. The first-order valence-corrected chi connectivity index (χ1v) is 24.9. The van der Waals surface area contributed by atoms with E-state index in [1.165, 1.54) is 9.78 Å². The molecular weight excluding hydrogens is 926 g/mol. The van der Waals surface area contributed by atoms with Gasteiger partial charge in [0.25, 0.3) is 5.88 Å². The van der Waals surface area contributed by atoms with Crippen LogP contribution in [0.4, 0.5) is 0 Å². The summed E-state index contributed by atoms with van der Waals surface area (Å²) in [6, 6.07) is 15.7. The standard InChI is InChI=1S/C49H54ClN9O7S2/c1-25(2)42(48(63)58-23-35(60)19-38(58)47(62)51-22-30-7-9-32(10-8-30)45-27(4)52-24-67-45)39-21-41(57-66-39)65-16-15-64-36-17-34(18-36)53-40(61)20-37-46-56-55-29(6)59(46)49-43(26(3)28(5)68-49)44(54-37)31-11-13-33(50)14-12-31/h7-14,21,24-25,34-38,42,60H,15-20,22-23H2,1-6H3,(H,51,62)(H,53,61)/t34-,35-,36+,37+,38+,42+/m1/s1. The summed E-state index contributed by atoms with van der Waals surface area (Å²) in [4.78, 5) is 54.5. The average molecular weight is 981 g/mol. The van der Waals surface area contributed by atoms with Gasteiger partial charge in [0.1, 0.15) is 35.4 Å². The second-order valence-electron chi connectivity index (χ2n) is 18.1. The van der Waals surface area contributed by atoms with E-state index in [0.29, 0.717) is 29.4 Å². The third-order valence-corrected chi connectivity index (χ3v) is 15.3. The summed E-state index contributed by atoms with van der Waals surface area (Å²) >= 11 is 9.51. The molecule has 0 spiro atoms. The summed E-state index contributed by atoms with van der Waals surface area (Å²) in [5.74, 6) is 0.110. The number of hydrogen-bond acceptors (Lipinski definition) is 14. The number of amides is 3. The van der Waals surface area contributed by atoms with Gasteiger partial charge in [-0.25, -0.2) is 4.98 Å². The molecule has 1 saturated carbocycles. The van der Waals surface area contributed by atoms with E-state index in [4.69, 9.17) is 30.6 Å². The van der Waals surface area contributed by atoms with Crippen LogP contribution in [0.15, 0.2) is 69.6 Å². The lowest BCUT2D eigenvalue weighted by molar-refractivity contribution is -0.141. The van der Waals surface area contributed by atoms with Crippen molar-refractivity contribution >= 4 is 57.7 Å². The molecule has 68 heavy (non-hydrogen) atoms. The monoisotopic (exact) mass is 979 g/mol. The number of ether oxygens (including phenoxy) is 2. The Labute approximate surface area is 407 Å². The molecule has 1 saturated heterocycles. The second-order valence-corrected chi connectivity index (χ2v) is 20.5. The van der Waals surface area contributed by atoms with Crippen molar-refractivity contribution in [1.29, 1.82) is 0 Å². The fourth-order valence-corrected chi connectivity index (χ4v) is 11.3. The molecule has 3 aliphatic rings. The number of thiophene rings is 1. The number of hydrogen-bond donors (Lipinski definition) is 3. The van der Waals surface area contributed by atoms with Gasteiger partial charge in [0.2, 0.25) is 17.7 Å². The molecule has 4 atom stereocenters. The van der Waals surface area contributed by atoms with Crippen molar-refractivity contribution in [2.45, 2.75) is 110 Å². The van der Waals surface area contributed by atoms with Crippen molar-refractivity contribution in [1.82, 2.24) is 40.4 Å². The molecule has 3 amide bonds. The van der Waals surface area contributed by atoms with Gasteiger partial charge in [-0.2, -0.15) is 0 Å². The number of aliphatic hydroxyl groups excluding tert-OH is 1. The highest BCUT2D eigenvalue weighted by Gasteiger charge is 2.43. The van der Waals surface area contributed by atoms with Crippen LogP contribution in [0.3, 0.4) is 0 Å². The average Bonchev–Trinajstić information content (AvgIpc) is 4.14. The predicted octanol–water partition coefficient (Wildman–Crippen LogP) is 7.37. The molecular formula is C49H54ClN9O7S2. The van der Waals surface area contributed by atoms with Gasteiger partial charge in [-0.3, -0.25) is 23.9 Å². The van der Waals surface area contributed by atoms with Crippen LogP contribution in [0.25, 0.3) is 15.4 Å². The molecule has 3 N–H and O–H groups in total. The zero-order valence-electron chi connectivity index (χ0n) is 38.7. The zero-order valence-corrected chi connectivity index (χ0v) is 41.1. The molecule has 9 rings (SSSR count). The number of nitrogens with zero attached hydrogens (tertiary/aromatic N) is 7. The number of carbonyl (C=O) groups excluding carboxylic acids is 3. The number of fused-ring (bicyclic) bond motifs is 3. The Morgan fingerprint density at radius 2 is 1.74 bits per heavy atom. The van der Waals surface area contributed by atoms with Gasteiger partial charge in [0.05, 0.1) is 47.0 Å². The lowest BCUT2D eigenvalue weighted by atomic mass is 9.89. The maximum Gasteiger partial charge on any atom is 0.254 e. The number of aryl methyl sites for hydroxylation is 3. The van der Waals surface area contributed by atoms with Crippen LogP contribution < -0.4 is 15.4 Å². The Morgan fingerprint density at radius 3 is 2.46 bits per heavy atom. The number of halogens is 1. The molecule has 2 aromatic carbocycles.